The van der Waals surface area contributed by atoms with Gasteiger partial charge in [0, 0.05) is 6.42 Å². The fraction of sp³-hybridized carbons (Fsp3) is 0.227. The van der Waals surface area contributed by atoms with Crippen molar-refractivity contribution in [3.63, 3.8) is 0 Å². The summed E-state index contributed by atoms with van der Waals surface area (Å²) in [6, 6.07) is 16.4. The lowest BCUT2D eigenvalue weighted by atomic mass is 10.2. The first-order chi connectivity index (χ1) is 12.0. The monoisotopic (exact) mass is 329 g/mol. The van der Waals surface area contributed by atoms with Gasteiger partial charge >= 0.3 is 0 Å². The van der Waals surface area contributed by atoms with Gasteiger partial charge in [-0.15, -0.1) is 0 Å². The van der Waals surface area contributed by atoms with E-state index in [1.54, 1.807) is 0 Å². The van der Waals surface area contributed by atoms with Crippen molar-refractivity contribution < 1.29 is 0 Å². The van der Waals surface area contributed by atoms with E-state index in [0.717, 1.165) is 40.6 Å². The number of aryl methyl sites for hydroxylation is 2. The lowest BCUT2D eigenvalue weighted by Gasteiger charge is -2.02. The SMILES string of the molecule is CC(=Nc1ccc(C)cc1)C1=CCC(C(C)=Nc2ccc(C)cc2)=N1. The first-order valence-electron chi connectivity index (χ1n) is 8.53. The Morgan fingerprint density at radius 2 is 1.24 bits per heavy atom. The normalized spacial score (nSPS) is 15.2. The fourth-order valence-corrected chi connectivity index (χ4v) is 2.63. The van der Waals surface area contributed by atoms with Gasteiger partial charge in [0.15, 0.2) is 0 Å². The highest BCUT2D eigenvalue weighted by atomic mass is 14.9. The Balaban J connectivity index is 1.76. The van der Waals surface area contributed by atoms with Crippen LogP contribution < -0.4 is 0 Å². The molecule has 126 valence electrons. The molecule has 2 aromatic rings. The van der Waals surface area contributed by atoms with Gasteiger partial charge in [-0.25, -0.2) is 4.99 Å². The predicted octanol–water partition coefficient (Wildman–Crippen LogP) is 5.92. The van der Waals surface area contributed by atoms with Gasteiger partial charge in [-0.1, -0.05) is 41.5 Å². The Bertz CT molecular complexity index is 880. The van der Waals surface area contributed by atoms with E-state index >= 15 is 0 Å². The molecule has 0 saturated heterocycles. The van der Waals surface area contributed by atoms with Crippen LogP contribution in [0.1, 0.15) is 31.4 Å². The number of rotatable bonds is 4. The van der Waals surface area contributed by atoms with Crippen molar-refractivity contribution in [1.82, 2.24) is 0 Å². The van der Waals surface area contributed by atoms with Crippen LogP contribution in [-0.4, -0.2) is 17.1 Å². The average molecular weight is 329 g/mol. The molecule has 0 spiro atoms. The molecule has 0 radical (unpaired) electrons. The lowest BCUT2D eigenvalue weighted by Crippen LogP contribution is -2.06. The van der Waals surface area contributed by atoms with Crippen LogP contribution >= 0.6 is 0 Å². The highest BCUT2D eigenvalue weighted by Gasteiger charge is 2.13. The number of hydrogen-bond donors (Lipinski definition) is 0. The van der Waals surface area contributed by atoms with E-state index in [9.17, 15) is 0 Å². The van der Waals surface area contributed by atoms with Gasteiger partial charge < -0.3 is 0 Å². The van der Waals surface area contributed by atoms with Crippen LogP contribution in [0.5, 0.6) is 0 Å². The zero-order valence-corrected chi connectivity index (χ0v) is 15.2. The summed E-state index contributed by atoms with van der Waals surface area (Å²) in [6.07, 6.45) is 2.92. The highest BCUT2D eigenvalue weighted by molar-refractivity contribution is 6.43. The summed E-state index contributed by atoms with van der Waals surface area (Å²) >= 11 is 0. The molecule has 3 heteroatoms. The van der Waals surface area contributed by atoms with E-state index < -0.39 is 0 Å². The van der Waals surface area contributed by atoms with Crippen molar-refractivity contribution in [1.29, 1.82) is 0 Å². The van der Waals surface area contributed by atoms with Crippen LogP contribution in [0.15, 0.2) is 75.3 Å². The molecule has 0 atom stereocenters. The molecule has 3 nitrogen and oxygen atoms in total. The van der Waals surface area contributed by atoms with Gasteiger partial charge in [-0.3, -0.25) is 9.98 Å². The number of allylic oxidation sites excluding steroid dienone is 2. The molecule has 0 amide bonds. The summed E-state index contributed by atoms with van der Waals surface area (Å²) in [4.78, 5) is 14.1. The van der Waals surface area contributed by atoms with Gasteiger partial charge in [0.1, 0.15) is 0 Å². The van der Waals surface area contributed by atoms with Crippen LogP contribution in [-0.2, 0) is 0 Å². The van der Waals surface area contributed by atoms with Crippen molar-refractivity contribution in [2.45, 2.75) is 34.1 Å². The van der Waals surface area contributed by atoms with E-state index in [4.69, 9.17) is 4.99 Å². The molecule has 2 aromatic carbocycles. The third-order valence-electron chi connectivity index (χ3n) is 4.19. The zero-order chi connectivity index (χ0) is 17.8. The molecule has 0 aromatic heterocycles. The summed E-state index contributed by atoms with van der Waals surface area (Å²) in [7, 11) is 0. The molecule has 0 bridgehead atoms. The smallest absolute Gasteiger partial charge is 0.0810 e. The van der Waals surface area contributed by atoms with E-state index in [-0.39, 0.29) is 0 Å². The number of aliphatic imine (C=N–C) groups is 3. The molecule has 0 fully saturated rings. The summed E-state index contributed by atoms with van der Waals surface area (Å²) in [5, 5.41) is 0. The van der Waals surface area contributed by atoms with Crippen LogP contribution in [0.3, 0.4) is 0 Å². The Labute approximate surface area is 149 Å². The minimum Gasteiger partial charge on any atom is -0.252 e. The third-order valence-corrected chi connectivity index (χ3v) is 4.19. The molecule has 1 aliphatic rings. The van der Waals surface area contributed by atoms with E-state index in [0.29, 0.717) is 0 Å². The molecule has 0 N–H and O–H groups in total. The van der Waals surface area contributed by atoms with Gasteiger partial charge in [-0.2, -0.15) is 0 Å². The van der Waals surface area contributed by atoms with Crippen molar-refractivity contribution in [2.24, 2.45) is 15.0 Å². The molecule has 3 rings (SSSR count). The molecule has 1 heterocycles. The summed E-state index contributed by atoms with van der Waals surface area (Å²) < 4.78 is 0. The van der Waals surface area contributed by atoms with Crippen LogP contribution in [0.25, 0.3) is 0 Å². The summed E-state index contributed by atoms with van der Waals surface area (Å²) in [5.41, 5.74) is 8.23. The summed E-state index contributed by atoms with van der Waals surface area (Å²) in [6.45, 7) is 8.17. The first-order valence-corrected chi connectivity index (χ1v) is 8.53. The quantitative estimate of drug-likeness (QED) is 0.625. The molecule has 0 unspecified atom stereocenters. The Hall–Kier alpha value is -2.81. The van der Waals surface area contributed by atoms with Gasteiger partial charge in [0.2, 0.25) is 0 Å². The highest BCUT2D eigenvalue weighted by Crippen LogP contribution is 2.20. The summed E-state index contributed by atoms with van der Waals surface area (Å²) in [5.74, 6) is 0. The van der Waals surface area contributed by atoms with E-state index in [1.165, 1.54) is 11.1 Å². The number of hydrogen-bond acceptors (Lipinski definition) is 3. The van der Waals surface area contributed by atoms with Crippen LogP contribution in [0.2, 0.25) is 0 Å². The maximum absolute atomic E-state index is 4.73. The average Bonchev–Trinajstić information content (AvgIpc) is 3.09. The number of benzene rings is 2. The van der Waals surface area contributed by atoms with Gasteiger partial charge in [-0.05, 0) is 52.0 Å². The van der Waals surface area contributed by atoms with Crippen molar-refractivity contribution >= 4 is 28.5 Å². The van der Waals surface area contributed by atoms with Crippen LogP contribution in [0, 0.1) is 13.8 Å². The van der Waals surface area contributed by atoms with Gasteiger partial charge in [0.05, 0.1) is 34.2 Å². The second-order valence-electron chi connectivity index (χ2n) is 6.42. The third kappa shape index (κ3) is 4.38. The van der Waals surface area contributed by atoms with Crippen molar-refractivity contribution in [3.05, 3.63) is 71.4 Å². The van der Waals surface area contributed by atoms with E-state index in [2.05, 4.69) is 54.2 Å². The molecule has 0 saturated carbocycles. The molecule has 1 aliphatic heterocycles. The van der Waals surface area contributed by atoms with Crippen LogP contribution in [0.4, 0.5) is 11.4 Å². The maximum Gasteiger partial charge on any atom is 0.0810 e. The second-order valence-corrected chi connectivity index (χ2v) is 6.42. The minimum absolute atomic E-state index is 0.803. The van der Waals surface area contributed by atoms with E-state index in [1.807, 2.05) is 38.1 Å². The predicted molar refractivity (Wildman–Crippen MR) is 108 cm³/mol. The topological polar surface area (TPSA) is 37.1 Å². The fourth-order valence-electron chi connectivity index (χ4n) is 2.63. The Kier molecular flexibility index (Phi) is 5.03. The standard InChI is InChI=1S/C22H23N3/c1-15-5-9-19(10-6-15)23-17(3)21-13-14-22(25-21)18(4)24-20-11-7-16(2)8-12-20/h5-13H,14H2,1-4H3. The zero-order valence-electron chi connectivity index (χ0n) is 15.2. The lowest BCUT2D eigenvalue weighted by molar-refractivity contribution is 1.39. The van der Waals surface area contributed by atoms with Crippen molar-refractivity contribution in [2.75, 3.05) is 0 Å². The first kappa shape index (κ1) is 17.0. The molecular weight excluding hydrogens is 306 g/mol. The minimum atomic E-state index is 0.803. The molecular formula is C22H23N3. The second kappa shape index (κ2) is 7.39. The largest absolute Gasteiger partial charge is 0.252 e. The molecule has 25 heavy (non-hydrogen) atoms. The van der Waals surface area contributed by atoms with Gasteiger partial charge in [0.25, 0.3) is 0 Å². The van der Waals surface area contributed by atoms with Crippen molar-refractivity contribution in [3.8, 4) is 0 Å². The molecule has 0 aliphatic carbocycles. The number of nitrogens with zero attached hydrogens (tertiary/aromatic N) is 3. The Morgan fingerprint density at radius 3 is 1.76 bits per heavy atom. The maximum atomic E-state index is 4.73. The Morgan fingerprint density at radius 1 is 0.760 bits per heavy atom.